The first kappa shape index (κ1) is 14.2. The number of fused-ring (bicyclic) bond motifs is 1. The molecule has 0 radical (unpaired) electrons. The molecule has 3 heterocycles. The number of aryl methyl sites for hydroxylation is 1. The predicted octanol–water partition coefficient (Wildman–Crippen LogP) is 3.79. The van der Waals surface area contributed by atoms with Gasteiger partial charge in [-0.15, -0.1) is 11.8 Å². The second kappa shape index (κ2) is 5.63. The summed E-state index contributed by atoms with van der Waals surface area (Å²) in [4.78, 5) is 7.99. The minimum absolute atomic E-state index is 0.105. The number of hydrogen-bond acceptors (Lipinski definition) is 4. The number of hydrogen-bond donors (Lipinski definition) is 0. The topological polar surface area (TPSA) is 25.4 Å². The summed E-state index contributed by atoms with van der Waals surface area (Å²) >= 11 is 8.10. The van der Waals surface area contributed by atoms with Crippen LogP contribution in [-0.4, -0.2) is 29.9 Å². The summed E-state index contributed by atoms with van der Waals surface area (Å²) in [6.07, 6.45) is 1.09. The number of thioether (sulfide) groups is 1. The normalized spacial score (nSPS) is 17.3. The molecule has 1 saturated heterocycles. The van der Waals surface area contributed by atoms with Crippen molar-refractivity contribution >= 4 is 29.2 Å². The van der Waals surface area contributed by atoms with Crippen LogP contribution in [0.5, 0.6) is 5.75 Å². The van der Waals surface area contributed by atoms with Crippen LogP contribution in [0.25, 0.3) is 0 Å². The molecule has 22 heavy (non-hydrogen) atoms. The van der Waals surface area contributed by atoms with Crippen LogP contribution in [-0.2, 0) is 6.42 Å². The van der Waals surface area contributed by atoms with Gasteiger partial charge in [-0.25, -0.2) is 9.37 Å². The summed E-state index contributed by atoms with van der Waals surface area (Å²) in [5, 5.41) is 0.797. The molecule has 0 bridgehead atoms. The second-order valence-electron chi connectivity index (χ2n) is 5.44. The fourth-order valence-corrected chi connectivity index (χ4v) is 4.06. The van der Waals surface area contributed by atoms with E-state index in [1.807, 2.05) is 6.07 Å². The van der Waals surface area contributed by atoms with Crippen molar-refractivity contribution in [3.63, 3.8) is 0 Å². The maximum absolute atomic E-state index is 12.9. The number of nitrogens with zero attached hydrogens (tertiary/aromatic N) is 2. The van der Waals surface area contributed by atoms with Gasteiger partial charge in [0.1, 0.15) is 23.5 Å². The maximum Gasteiger partial charge on any atom is 0.134 e. The molecule has 0 atom stereocenters. The highest BCUT2D eigenvalue weighted by molar-refractivity contribution is 7.99. The van der Waals surface area contributed by atoms with E-state index in [0.717, 1.165) is 46.7 Å². The van der Waals surface area contributed by atoms with E-state index in [2.05, 4.69) is 4.90 Å². The number of ether oxygens (including phenoxy) is 1. The van der Waals surface area contributed by atoms with Gasteiger partial charge in [-0.2, -0.15) is 0 Å². The van der Waals surface area contributed by atoms with Crippen molar-refractivity contribution in [3.05, 3.63) is 46.9 Å². The van der Waals surface area contributed by atoms with E-state index in [1.54, 1.807) is 23.9 Å². The second-order valence-corrected chi connectivity index (χ2v) is 6.95. The van der Waals surface area contributed by atoms with Crippen LogP contribution < -0.4 is 9.64 Å². The standard InChI is InChI=1S/C16H14ClFN2OS/c17-13-7-15(19-14-5-6-22-16(13)14)20-8-12(9-20)21-11-3-1-10(18)2-4-11/h1-4,7,12H,5-6,8-9H2. The Hall–Kier alpha value is -1.46. The molecule has 4 rings (SSSR count). The first-order valence-electron chi connectivity index (χ1n) is 7.18. The molecule has 6 heteroatoms. The molecule has 0 saturated carbocycles. The molecule has 114 valence electrons. The Morgan fingerprint density at radius 2 is 2.05 bits per heavy atom. The largest absolute Gasteiger partial charge is 0.487 e. The minimum atomic E-state index is -0.252. The molecule has 1 aromatic heterocycles. The zero-order valence-corrected chi connectivity index (χ0v) is 13.3. The van der Waals surface area contributed by atoms with Gasteiger partial charge in [-0.1, -0.05) is 11.6 Å². The SMILES string of the molecule is Fc1ccc(OC2CN(c3cc(Cl)c4c(n3)CCS4)C2)cc1. The zero-order valence-electron chi connectivity index (χ0n) is 11.8. The summed E-state index contributed by atoms with van der Waals surface area (Å²) < 4.78 is 18.7. The summed E-state index contributed by atoms with van der Waals surface area (Å²) in [6, 6.07) is 8.06. The molecule has 2 aliphatic rings. The predicted molar refractivity (Wildman–Crippen MR) is 86.7 cm³/mol. The molecule has 3 nitrogen and oxygen atoms in total. The summed E-state index contributed by atoms with van der Waals surface area (Å²) in [5.41, 5.74) is 1.11. The molecular formula is C16H14ClFN2OS. The average Bonchev–Trinajstić information content (AvgIpc) is 2.93. The fourth-order valence-electron chi connectivity index (χ4n) is 2.68. The van der Waals surface area contributed by atoms with E-state index in [9.17, 15) is 4.39 Å². The van der Waals surface area contributed by atoms with E-state index in [4.69, 9.17) is 21.3 Å². The van der Waals surface area contributed by atoms with Crippen molar-refractivity contribution in [3.8, 4) is 5.75 Å². The van der Waals surface area contributed by atoms with Gasteiger partial charge in [0.25, 0.3) is 0 Å². The lowest BCUT2D eigenvalue weighted by Crippen LogP contribution is -2.54. The first-order chi connectivity index (χ1) is 10.7. The Labute approximate surface area is 137 Å². The fraction of sp³-hybridized carbons (Fsp3) is 0.312. The monoisotopic (exact) mass is 336 g/mol. The molecule has 2 aliphatic heterocycles. The molecular weight excluding hydrogens is 323 g/mol. The maximum atomic E-state index is 12.9. The Morgan fingerprint density at radius 3 is 2.82 bits per heavy atom. The zero-order chi connectivity index (χ0) is 15.1. The van der Waals surface area contributed by atoms with Gasteiger partial charge in [0.05, 0.1) is 23.8 Å². The first-order valence-corrected chi connectivity index (χ1v) is 8.55. The van der Waals surface area contributed by atoms with Crippen LogP contribution in [0, 0.1) is 5.82 Å². The Morgan fingerprint density at radius 1 is 1.27 bits per heavy atom. The van der Waals surface area contributed by atoms with E-state index < -0.39 is 0 Å². The summed E-state index contributed by atoms with van der Waals surface area (Å²) in [5.74, 6) is 2.42. The van der Waals surface area contributed by atoms with Gasteiger partial charge in [0.2, 0.25) is 0 Å². The minimum Gasteiger partial charge on any atom is -0.487 e. The molecule has 0 amide bonds. The molecule has 1 aromatic carbocycles. The third-order valence-electron chi connectivity index (χ3n) is 3.86. The van der Waals surface area contributed by atoms with E-state index in [0.29, 0.717) is 5.75 Å². The van der Waals surface area contributed by atoms with Crippen molar-refractivity contribution in [1.82, 2.24) is 4.98 Å². The Balaban J connectivity index is 1.41. The number of benzene rings is 1. The molecule has 0 N–H and O–H groups in total. The Bertz CT molecular complexity index is 704. The van der Waals surface area contributed by atoms with Crippen LogP contribution in [0.4, 0.5) is 10.2 Å². The molecule has 0 unspecified atom stereocenters. The van der Waals surface area contributed by atoms with Gasteiger partial charge < -0.3 is 9.64 Å². The molecule has 0 spiro atoms. The van der Waals surface area contributed by atoms with Crippen molar-refractivity contribution in [1.29, 1.82) is 0 Å². The summed E-state index contributed by atoms with van der Waals surface area (Å²) in [6.45, 7) is 1.54. The van der Waals surface area contributed by atoms with Gasteiger partial charge in [-0.3, -0.25) is 0 Å². The average molecular weight is 337 g/mol. The van der Waals surface area contributed by atoms with Crippen LogP contribution in [0.1, 0.15) is 5.69 Å². The lowest BCUT2D eigenvalue weighted by atomic mass is 10.1. The van der Waals surface area contributed by atoms with Crippen molar-refractivity contribution in [2.45, 2.75) is 17.4 Å². The van der Waals surface area contributed by atoms with Crippen LogP contribution in [0.3, 0.4) is 0 Å². The molecule has 0 aliphatic carbocycles. The number of pyridine rings is 1. The number of anilines is 1. The van der Waals surface area contributed by atoms with Crippen molar-refractivity contribution in [2.24, 2.45) is 0 Å². The number of rotatable bonds is 3. The highest BCUT2D eigenvalue weighted by atomic mass is 35.5. The number of halogens is 2. The lowest BCUT2D eigenvalue weighted by molar-refractivity contribution is 0.166. The van der Waals surface area contributed by atoms with Crippen molar-refractivity contribution in [2.75, 3.05) is 23.7 Å². The molecule has 2 aromatic rings. The quantitative estimate of drug-likeness (QED) is 0.851. The third-order valence-corrected chi connectivity index (χ3v) is 5.42. The molecule has 1 fully saturated rings. The van der Waals surface area contributed by atoms with Crippen LogP contribution >= 0.6 is 23.4 Å². The van der Waals surface area contributed by atoms with Gasteiger partial charge in [-0.05, 0) is 24.3 Å². The van der Waals surface area contributed by atoms with E-state index in [-0.39, 0.29) is 11.9 Å². The van der Waals surface area contributed by atoms with Gasteiger partial charge in [0, 0.05) is 23.1 Å². The van der Waals surface area contributed by atoms with E-state index in [1.165, 1.54) is 12.1 Å². The van der Waals surface area contributed by atoms with Crippen LogP contribution in [0.15, 0.2) is 35.2 Å². The van der Waals surface area contributed by atoms with Crippen molar-refractivity contribution < 1.29 is 9.13 Å². The van der Waals surface area contributed by atoms with Crippen LogP contribution in [0.2, 0.25) is 5.02 Å². The highest BCUT2D eigenvalue weighted by Crippen LogP contribution is 2.38. The van der Waals surface area contributed by atoms with Gasteiger partial charge >= 0.3 is 0 Å². The third kappa shape index (κ3) is 2.63. The van der Waals surface area contributed by atoms with Gasteiger partial charge in [0.15, 0.2) is 0 Å². The van der Waals surface area contributed by atoms with E-state index >= 15 is 0 Å². The lowest BCUT2D eigenvalue weighted by Gasteiger charge is -2.40. The highest BCUT2D eigenvalue weighted by Gasteiger charge is 2.31. The number of aromatic nitrogens is 1. The smallest absolute Gasteiger partial charge is 0.134 e. The Kier molecular flexibility index (Phi) is 3.62. The summed E-state index contributed by atoms with van der Waals surface area (Å²) in [7, 11) is 0.